The van der Waals surface area contributed by atoms with Crippen LogP contribution in [-0.4, -0.2) is 25.2 Å². The summed E-state index contributed by atoms with van der Waals surface area (Å²) in [4.78, 5) is 24.9. The average Bonchev–Trinajstić information content (AvgIpc) is 2.46. The Kier molecular flexibility index (Phi) is 6.34. The molecule has 0 bridgehead atoms. The smallest absolute Gasteiger partial charge is 0.328 e. The third-order valence-electron chi connectivity index (χ3n) is 3.21. The number of carbonyl (C=O) groups is 2. The largest absolute Gasteiger partial charge is 0.465 e. The Morgan fingerprint density at radius 3 is 2.00 bits per heavy atom. The standard InChI is InChI=1S/C16H21FO4/c1-4-11-16(14(18)20-5-2,15(19)21-6-3)12-9-7-8-10-13(12)17/h7-10H,4-6,11H2,1-3H3. The van der Waals surface area contributed by atoms with E-state index in [0.717, 1.165) is 0 Å². The van der Waals surface area contributed by atoms with Crippen LogP contribution in [-0.2, 0) is 24.5 Å². The Morgan fingerprint density at radius 1 is 1.05 bits per heavy atom. The SMILES string of the molecule is CCCC(C(=O)OCC)(C(=O)OCC)c1ccccc1F. The predicted molar refractivity (Wildman–Crippen MR) is 76.3 cm³/mol. The molecule has 0 saturated carbocycles. The molecule has 5 heteroatoms. The van der Waals surface area contributed by atoms with Gasteiger partial charge in [0, 0.05) is 5.56 Å². The van der Waals surface area contributed by atoms with Gasteiger partial charge in [0.05, 0.1) is 13.2 Å². The van der Waals surface area contributed by atoms with Gasteiger partial charge in [-0.15, -0.1) is 0 Å². The fourth-order valence-corrected chi connectivity index (χ4v) is 2.33. The maximum absolute atomic E-state index is 14.2. The lowest BCUT2D eigenvalue weighted by atomic mass is 9.76. The number of esters is 2. The molecular weight excluding hydrogens is 275 g/mol. The Bertz CT molecular complexity index is 481. The van der Waals surface area contributed by atoms with E-state index in [1.165, 1.54) is 18.2 Å². The minimum Gasteiger partial charge on any atom is -0.465 e. The summed E-state index contributed by atoms with van der Waals surface area (Å²) in [5.41, 5.74) is -1.74. The summed E-state index contributed by atoms with van der Waals surface area (Å²) in [7, 11) is 0. The summed E-state index contributed by atoms with van der Waals surface area (Å²) in [5.74, 6) is -2.15. The van der Waals surface area contributed by atoms with Crippen molar-refractivity contribution < 1.29 is 23.5 Å². The van der Waals surface area contributed by atoms with E-state index in [2.05, 4.69) is 0 Å². The van der Waals surface area contributed by atoms with Crippen molar-refractivity contribution in [2.75, 3.05) is 13.2 Å². The van der Waals surface area contributed by atoms with Gasteiger partial charge in [-0.1, -0.05) is 31.5 Å². The predicted octanol–water partition coefficient (Wildman–Crippen LogP) is 2.99. The molecule has 0 aliphatic heterocycles. The van der Waals surface area contributed by atoms with Crippen molar-refractivity contribution in [3.8, 4) is 0 Å². The Labute approximate surface area is 124 Å². The molecule has 1 aromatic rings. The second-order valence-electron chi connectivity index (χ2n) is 4.58. The Balaban J connectivity index is 3.47. The van der Waals surface area contributed by atoms with E-state index in [1.807, 2.05) is 6.92 Å². The molecule has 0 heterocycles. The molecular formula is C16H21FO4. The molecule has 4 nitrogen and oxygen atoms in total. The van der Waals surface area contributed by atoms with Crippen LogP contribution in [0.5, 0.6) is 0 Å². The highest BCUT2D eigenvalue weighted by Gasteiger charge is 2.51. The molecule has 0 aliphatic carbocycles. The Morgan fingerprint density at radius 2 is 1.57 bits per heavy atom. The van der Waals surface area contributed by atoms with Crippen LogP contribution in [0.2, 0.25) is 0 Å². The van der Waals surface area contributed by atoms with Crippen molar-refractivity contribution in [3.05, 3.63) is 35.6 Å². The van der Waals surface area contributed by atoms with Gasteiger partial charge in [0.2, 0.25) is 0 Å². The molecule has 0 amide bonds. The van der Waals surface area contributed by atoms with Crippen molar-refractivity contribution >= 4 is 11.9 Å². The zero-order chi connectivity index (χ0) is 15.9. The first-order chi connectivity index (χ1) is 10.0. The lowest BCUT2D eigenvalue weighted by Gasteiger charge is -2.29. The lowest BCUT2D eigenvalue weighted by Crippen LogP contribution is -2.46. The van der Waals surface area contributed by atoms with Crippen molar-refractivity contribution in [2.45, 2.75) is 39.0 Å². The zero-order valence-corrected chi connectivity index (χ0v) is 12.6. The van der Waals surface area contributed by atoms with E-state index in [-0.39, 0.29) is 25.2 Å². The van der Waals surface area contributed by atoms with Crippen molar-refractivity contribution in [1.29, 1.82) is 0 Å². The van der Waals surface area contributed by atoms with E-state index >= 15 is 0 Å². The summed E-state index contributed by atoms with van der Waals surface area (Å²) in [6, 6.07) is 5.74. The van der Waals surface area contributed by atoms with Gasteiger partial charge in [0.1, 0.15) is 5.82 Å². The number of rotatable bonds is 7. The monoisotopic (exact) mass is 296 g/mol. The van der Waals surface area contributed by atoms with Crippen LogP contribution in [0.3, 0.4) is 0 Å². The summed E-state index contributed by atoms with van der Waals surface area (Å²) in [5, 5.41) is 0. The first-order valence-corrected chi connectivity index (χ1v) is 7.14. The molecule has 1 aromatic carbocycles. The second-order valence-corrected chi connectivity index (χ2v) is 4.58. The van der Waals surface area contributed by atoms with E-state index in [4.69, 9.17) is 9.47 Å². The fourth-order valence-electron chi connectivity index (χ4n) is 2.33. The van der Waals surface area contributed by atoms with Gasteiger partial charge in [-0.3, -0.25) is 9.59 Å². The summed E-state index contributed by atoms with van der Waals surface area (Å²) in [6.07, 6.45) is 0.636. The van der Waals surface area contributed by atoms with E-state index < -0.39 is 23.2 Å². The highest BCUT2D eigenvalue weighted by Crippen LogP contribution is 2.34. The number of hydrogen-bond acceptors (Lipinski definition) is 4. The Hall–Kier alpha value is -1.91. The average molecular weight is 296 g/mol. The van der Waals surface area contributed by atoms with Crippen LogP contribution in [0.25, 0.3) is 0 Å². The minimum absolute atomic E-state index is 0.00347. The number of carbonyl (C=O) groups excluding carboxylic acids is 2. The van der Waals surface area contributed by atoms with Crippen molar-refractivity contribution in [2.24, 2.45) is 0 Å². The van der Waals surface area contributed by atoms with Gasteiger partial charge in [-0.2, -0.15) is 0 Å². The maximum Gasteiger partial charge on any atom is 0.328 e. The molecule has 1 rings (SSSR count). The molecule has 0 unspecified atom stereocenters. The highest BCUT2D eigenvalue weighted by atomic mass is 19.1. The van der Waals surface area contributed by atoms with Crippen LogP contribution in [0.1, 0.15) is 39.2 Å². The second kappa shape index (κ2) is 7.76. The van der Waals surface area contributed by atoms with Gasteiger partial charge in [-0.25, -0.2) is 4.39 Å². The fraction of sp³-hybridized carbons (Fsp3) is 0.500. The van der Waals surface area contributed by atoms with E-state index in [1.54, 1.807) is 19.9 Å². The summed E-state index contributed by atoms with van der Waals surface area (Å²) in [6.45, 7) is 5.31. The van der Waals surface area contributed by atoms with E-state index in [9.17, 15) is 14.0 Å². The number of halogens is 1. The van der Waals surface area contributed by atoms with Gasteiger partial charge in [0.15, 0.2) is 5.41 Å². The van der Waals surface area contributed by atoms with Gasteiger partial charge < -0.3 is 9.47 Å². The topological polar surface area (TPSA) is 52.6 Å². The van der Waals surface area contributed by atoms with Crippen molar-refractivity contribution in [1.82, 2.24) is 0 Å². The van der Waals surface area contributed by atoms with Gasteiger partial charge in [-0.05, 0) is 26.3 Å². The number of ether oxygens (including phenoxy) is 2. The number of benzene rings is 1. The zero-order valence-electron chi connectivity index (χ0n) is 12.6. The molecule has 0 aromatic heterocycles. The highest BCUT2D eigenvalue weighted by molar-refractivity contribution is 6.06. The maximum atomic E-state index is 14.2. The molecule has 0 N–H and O–H groups in total. The van der Waals surface area contributed by atoms with Crippen LogP contribution in [0.15, 0.2) is 24.3 Å². The summed E-state index contributed by atoms with van der Waals surface area (Å²) >= 11 is 0. The third kappa shape index (κ3) is 3.40. The van der Waals surface area contributed by atoms with Crippen LogP contribution >= 0.6 is 0 Å². The summed E-state index contributed by atoms with van der Waals surface area (Å²) < 4.78 is 24.3. The van der Waals surface area contributed by atoms with E-state index in [0.29, 0.717) is 6.42 Å². The molecule has 0 fully saturated rings. The quantitative estimate of drug-likeness (QED) is 0.573. The van der Waals surface area contributed by atoms with Gasteiger partial charge >= 0.3 is 11.9 Å². The number of hydrogen-bond donors (Lipinski definition) is 0. The van der Waals surface area contributed by atoms with Gasteiger partial charge in [0.25, 0.3) is 0 Å². The van der Waals surface area contributed by atoms with Crippen LogP contribution < -0.4 is 0 Å². The molecule has 116 valence electrons. The first kappa shape index (κ1) is 17.1. The van der Waals surface area contributed by atoms with Crippen LogP contribution in [0, 0.1) is 5.82 Å². The van der Waals surface area contributed by atoms with Crippen molar-refractivity contribution in [3.63, 3.8) is 0 Å². The first-order valence-electron chi connectivity index (χ1n) is 7.14. The minimum atomic E-state index is -1.74. The third-order valence-corrected chi connectivity index (χ3v) is 3.21. The lowest BCUT2D eigenvalue weighted by molar-refractivity contribution is -0.165. The molecule has 0 atom stereocenters. The molecule has 0 saturated heterocycles. The molecule has 0 radical (unpaired) electrons. The van der Waals surface area contributed by atoms with Crippen LogP contribution in [0.4, 0.5) is 4.39 Å². The normalized spacial score (nSPS) is 11.0. The molecule has 0 aliphatic rings. The molecule has 21 heavy (non-hydrogen) atoms. The molecule has 0 spiro atoms.